The molecular weight excluding hydrogens is 304 g/mol. The lowest BCUT2D eigenvalue weighted by atomic mass is 9.49. The van der Waals surface area contributed by atoms with Gasteiger partial charge in [0.05, 0.1) is 6.04 Å². The Bertz CT molecular complexity index is 556. The van der Waals surface area contributed by atoms with Gasteiger partial charge in [-0.3, -0.25) is 19.3 Å². The Morgan fingerprint density at radius 2 is 1.42 bits per heavy atom. The predicted octanol–water partition coefficient (Wildman–Crippen LogP) is 1.95. The van der Waals surface area contributed by atoms with Gasteiger partial charge in [-0.25, -0.2) is 0 Å². The molecule has 5 heteroatoms. The zero-order chi connectivity index (χ0) is 16.5. The van der Waals surface area contributed by atoms with Crippen LogP contribution in [-0.4, -0.2) is 46.7 Å². The number of carbonyl (C=O) groups is 3. The van der Waals surface area contributed by atoms with Gasteiger partial charge in [-0.2, -0.15) is 0 Å². The molecule has 0 atom stereocenters. The van der Waals surface area contributed by atoms with Crippen molar-refractivity contribution < 1.29 is 14.4 Å². The summed E-state index contributed by atoms with van der Waals surface area (Å²) in [6.45, 7) is 1.12. The monoisotopic (exact) mass is 330 g/mol. The van der Waals surface area contributed by atoms with E-state index in [-0.39, 0.29) is 29.2 Å². The Morgan fingerprint density at radius 1 is 0.917 bits per heavy atom. The quantitative estimate of drug-likeness (QED) is 0.743. The van der Waals surface area contributed by atoms with Crippen LogP contribution in [0.5, 0.6) is 0 Å². The average Bonchev–Trinajstić information content (AvgIpc) is 2.76. The van der Waals surface area contributed by atoms with E-state index in [0.717, 1.165) is 17.8 Å². The third-order valence-corrected chi connectivity index (χ3v) is 7.36. The van der Waals surface area contributed by atoms with Gasteiger partial charge in [-0.05, 0) is 61.7 Å². The highest BCUT2D eigenvalue weighted by Crippen LogP contribution is 2.61. The van der Waals surface area contributed by atoms with Crippen LogP contribution < -0.4 is 0 Å². The van der Waals surface area contributed by atoms with Crippen LogP contribution in [0.3, 0.4) is 0 Å². The number of amides is 3. The summed E-state index contributed by atoms with van der Waals surface area (Å²) in [5, 5.41) is 0. The number of rotatable bonds is 3. The lowest BCUT2D eigenvalue weighted by Gasteiger charge is -2.57. The number of hydrogen-bond acceptors (Lipinski definition) is 3. The first-order chi connectivity index (χ1) is 11.5. The third-order valence-electron chi connectivity index (χ3n) is 7.36. The Kier molecular flexibility index (Phi) is 3.14. The molecule has 0 aromatic rings. The van der Waals surface area contributed by atoms with Gasteiger partial charge in [0, 0.05) is 32.4 Å². The molecule has 0 aromatic heterocycles. The van der Waals surface area contributed by atoms with Gasteiger partial charge in [0.2, 0.25) is 17.7 Å². The van der Waals surface area contributed by atoms with Gasteiger partial charge in [-0.15, -0.1) is 0 Å². The highest BCUT2D eigenvalue weighted by Gasteiger charge is 2.52. The molecule has 0 unspecified atom stereocenters. The SMILES string of the molecule is O=C(CC12CC3CC(CC(C3)C1)C2)N1CC(N2C(=O)CCC2=O)C1. The van der Waals surface area contributed by atoms with E-state index in [0.29, 0.717) is 32.4 Å². The molecule has 2 heterocycles. The summed E-state index contributed by atoms with van der Waals surface area (Å²) in [5.74, 6) is 2.75. The second-order valence-electron chi connectivity index (χ2n) is 9.20. The van der Waals surface area contributed by atoms with E-state index in [4.69, 9.17) is 0 Å². The van der Waals surface area contributed by atoms with E-state index in [1.165, 1.54) is 43.4 Å². The number of nitrogens with zero attached hydrogens (tertiary/aromatic N) is 2. The molecule has 6 rings (SSSR count). The van der Waals surface area contributed by atoms with Crippen molar-refractivity contribution in [1.29, 1.82) is 0 Å². The van der Waals surface area contributed by atoms with Crippen LogP contribution >= 0.6 is 0 Å². The Balaban J connectivity index is 1.20. The maximum absolute atomic E-state index is 12.8. The highest BCUT2D eigenvalue weighted by atomic mass is 16.2. The lowest BCUT2D eigenvalue weighted by molar-refractivity contribution is -0.155. The summed E-state index contributed by atoms with van der Waals surface area (Å²) in [6, 6.07) is -0.0622. The number of imide groups is 1. The smallest absolute Gasteiger partial charge is 0.230 e. The van der Waals surface area contributed by atoms with Crippen LogP contribution in [0, 0.1) is 23.2 Å². The molecule has 24 heavy (non-hydrogen) atoms. The molecule has 5 nitrogen and oxygen atoms in total. The van der Waals surface area contributed by atoms with Crippen molar-refractivity contribution in [1.82, 2.24) is 9.80 Å². The molecule has 2 aliphatic heterocycles. The Hall–Kier alpha value is -1.39. The van der Waals surface area contributed by atoms with E-state index < -0.39 is 0 Å². The van der Waals surface area contributed by atoms with E-state index >= 15 is 0 Å². The van der Waals surface area contributed by atoms with Crippen molar-refractivity contribution >= 4 is 17.7 Å². The van der Waals surface area contributed by atoms with Crippen LogP contribution in [0.15, 0.2) is 0 Å². The summed E-state index contributed by atoms with van der Waals surface area (Å²) in [4.78, 5) is 39.7. The molecule has 0 radical (unpaired) electrons. The second kappa shape index (κ2) is 5.06. The van der Waals surface area contributed by atoms with E-state index in [2.05, 4.69) is 0 Å². The second-order valence-corrected chi connectivity index (χ2v) is 9.20. The molecule has 2 saturated heterocycles. The molecule has 0 spiro atoms. The molecule has 4 saturated carbocycles. The third kappa shape index (κ3) is 2.23. The van der Waals surface area contributed by atoms with Crippen molar-refractivity contribution in [3.8, 4) is 0 Å². The fourth-order valence-electron chi connectivity index (χ4n) is 6.76. The topological polar surface area (TPSA) is 57.7 Å². The molecule has 0 aromatic carbocycles. The molecular formula is C19H26N2O3. The first kappa shape index (κ1) is 14.9. The molecule has 130 valence electrons. The minimum Gasteiger partial charge on any atom is -0.338 e. The zero-order valence-corrected chi connectivity index (χ0v) is 14.2. The van der Waals surface area contributed by atoms with E-state index in [1.807, 2.05) is 4.90 Å². The minimum absolute atomic E-state index is 0.0572. The highest BCUT2D eigenvalue weighted by molar-refractivity contribution is 6.02. The number of carbonyl (C=O) groups excluding carboxylic acids is 3. The fourth-order valence-corrected chi connectivity index (χ4v) is 6.76. The minimum atomic E-state index is -0.0622. The summed E-state index contributed by atoms with van der Waals surface area (Å²) >= 11 is 0. The largest absolute Gasteiger partial charge is 0.338 e. The normalized spacial score (nSPS) is 41.2. The van der Waals surface area contributed by atoms with E-state index in [1.54, 1.807) is 0 Å². The number of hydrogen-bond donors (Lipinski definition) is 0. The van der Waals surface area contributed by atoms with Gasteiger partial charge < -0.3 is 4.90 Å². The van der Waals surface area contributed by atoms with Gasteiger partial charge in [0.25, 0.3) is 0 Å². The van der Waals surface area contributed by atoms with Crippen LogP contribution in [0.25, 0.3) is 0 Å². The molecule has 6 fully saturated rings. The standard InChI is InChI=1S/C19H26N2O3/c22-16-1-2-17(23)21(16)15-10-20(11-15)18(24)9-19-6-12-3-13(7-19)5-14(4-12)8-19/h12-15H,1-11H2. The molecule has 3 amide bonds. The summed E-state index contributed by atoms with van der Waals surface area (Å²) < 4.78 is 0. The number of likely N-dealkylation sites (tertiary alicyclic amines) is 2. The summed E-state index contributed by atoms with van der Waals surface area (Å²) in [7, 11) is 0. The van der Waals surface area contributed by atoms with Crippen LogP contribution in [0.1, 0.15) is 57.8 Å². The zero-order valence-electron chi connectivity index (χ0n) is 14.2. The fraction of sp³-hybridized carbons (Fsp3) is 0.842. The van der Waals surface area contributed by atoms with Crippen molar-refractivity contribution in [3.63, 3.8) is 0 Å². The van der Waals surface area contributed by atoms with Crippen LogP contribution in [0.2, 0.25) is 0 Å². The molecule has 4 bridgehead atoms. The predicted molar refractivity (Wildman–Crippen MR) is 86.7 cm³/mol. The average molecular weight is 330 g/mol. The van der Waals surface area contributed by atoms with Crippen molar-refractivity contribution in [3.05, 3.63) is 0 Å². The van der Waals surface area contributed by atoms with Crippen molar-refractivity contribution in [2.24, 2.45) is 23.2 Å². The summed E-state index contributed by atoms with van der Waals surface area (Å²) in [5.41, 5.74) is 0.274. The first-order valence-electron chi connectivity index (χ1n) is 9.64. The van der Waals surface area contributed by atoms with E-state index in [9.17, 15) is 14.4 Å². The van der Waals surface area contributed by atoms with Crippen LogP contribution in [-0.2, 0) is 14.4 Å². The lowest BCUT2D eigenvalue weighted by Crippen LogP contribution is -2.63. The molecule has 4 aliphatic carbocycles. The van der Waals surface area contributed by atoms with Gasteiger partial charge in [-0.1, -0.05) is 0 Å². The Labute approximate surface area is 142 Å². The van der Waals surface area contributed by atoms with Crippen molar-refractivity contribution in [2.75, 3.05) is 13.1 Å². The van der Waals surface area contributed by atoms with Gasteiger partial charge >= 0.3 is 0 Å². The first-order valence-corrected chi connectivity index (χ1v) is 9.64. The molecule has 0 N–H and O–H groups in total. The molecule has 6 aliphatic rings. The maximum atomic E-state index is 12.8. The summed E-state index contributed by atoms with van der Waals surface area (Å²) in [6.07, 6.45) is 9.36. The maximum Gasteiger partial charge on any atom is 0.230 e. The van der Waals surface area contributed by atoms with Gasteiger partial charge in [0.15, 0.2) is 0 Å². The Morgan fingerprint density at radius 3 is 1.92 bits per heavy atom. The van der Waals surface area contributed by atoms with Gasteiger partial charge in [0.1, 0.15) is 0 Å². The van der Waals surface area contributed by atoms with Crippen LogP contribution in [0.4, 0.5) is 0 Å². The van der Waals surface area contributed by atoms with Crippen molar-refractivity contribution in [2.45, 2.75) is 63.8 Å².